The molecule has 1 amide bonds. The summed E-state index contributed by atoms with van der Waals surface area (Å²) in [6, 6.07) is 0. The average molecular weight is 238 g/mol. The van der Waals surface area contributed by atoms with Crippen molar-refractivity contribution in [3.05, 3.63) is 23.0 Å². The molecule has 6 heteroatoms. The number of thiazole rings is 1. The fourth-order valence-electron chi connectivity index (χ4n) is 1.54. The number of hydrogen-bond donors (Lipinski definition) is 2. The second-order valence-corrected chi connectivity index (χ2v) is 4.35. The Balaban J connectivity index is 2.05. The molecular weight excluding hydrogens is 224 g/mol. The van der Waals surface area contributed by atoms with E-state index >= 15 is 0 Å². The summed E-state index contributed by atoms with van der Waals surface area (Å²) in [6.45, 7) is 2.96. The van der Waals surface area contributed by atoms with Crippen LogP contribution in [-0.4, -0.2) is 28.9 Å². The summed E-state index contributed by atoms with van der Waals surface area (Å²) in [5, 5.41) is 7.67. The van der Waals surface area contributed by atoms with E-state index in [-0.39, 0.29) is 5.91 Å². The van der Waals surface area contributed by atoms with E-state index in [2.05, 4.69) is 20.0 Å². The number of carbonyl (C=O) groups is 1. The third kappa shape index (κ3) is 2.07. The van der Waals surface area contributed by atoms with Crippen LogP contribution in [0.2, 0.25) is 0 Å². The van der Waals surface area contributed by atoms with Gasteiger partial charge in [-0.1, -0.05) is 0 Å². The van der Waals surface area contributed by atoms with E-state index in [4.69, 9.17) is 0 Å². The van der Waals surface area contributed by atoms with E-state index in [9.17, 15) is 4.79 Å². The maximum atomic E-state index is 11.0. The largest absolute Gasteiger partial charge is 0.358 e. The molecule has 86 valence electrons. The van der Waals surface area contributed by atoms with Crippen molar-refractivity contribution in [2.75, 3.05) is 13.6 Å². The van der Waals surface area contributed by atoms with Crippen molar-refractivity contribution in [2.24, 2.45) is 0 Å². The summed E-state index contributed by atoms with van der Waals surface area (Å²) in [5.41, 5.74) is 2.12. The number of imidazole rings is 1. The Morgan fingerprint density at radius 1 is 1.62 bits per heavy atom. The van der Waals surface area contributed by atoms with E-state index in [1.54, 1.807) is 18.4 Å². The SMILES string of the molecule is CNC(=O)CNCc1c(C)nc2sccn12. The van der Waals surface area contributed by atoms with Crippen LogP contribution < -0.4 is 10.6 Å². The number of amides is 1. The van der Waals surface area contributed by atoms with E-state index < -0.39 is 0 Å². The Morgan fingerprint density at radius 2 is 2.44 bits per heavy atom. The summed E-state index contributed by atoms with van der Waals surface area (Å²) >= 11 is 1.61. The van der Waals surface area contributed by atoms with Gasteiger partial charge in [-0.15, -0.1) is 11.3 Å². The molecule has 2 heterocycles. The van der Waals surface area contributed by atoms with Gasteiger partial charge in [-0.05, 0) is 6.92 Å². The van der Waals surface area contributed by atoms with E-state index in [1.807, 2.05) is 18.5 Å². The molecule has 0 aliphatic carbocycles. The lowest BCUT2D eigenvalue weighted by Gasteiger charge is -2.03. The molecule has 2 rings (SSSR count). The molecule has 0 fully saturated rings. The van der Waals surface area contributed by atoms with Gasteiger partial charge in [0.25, 0.3) is 0 Å². The summed E-state index contributed by atoms with van der Waals surface area (Å²) in [6.07, 6.45) is 2.00. The van der Waals surface area contributed by atoms with Crippen LogP contribution >= 0.6 is 11.3 Å². The molecule has 2 aromatic rings. The Morgan fingerprint density at radius 3 is 3.19 bits per heavy atom. The quantitative estimate of drug-likeness (QED) is 0.817. The van der Waals surface area contributed by atoms with Crippen molar-refractivity contribution in [3.8, 4) is 0 Å². The standard InChI is InChI=1S/C10H14N4OS/c1-7-8(5-12-6-9(15)11-2)14-3-4-16-10(14)13-7/h3-4,12H,5-6H2,1-2H3,(H,11,15). The number of carbonyl (C=O) groups excluding carboxylic acids is 1. The van der Waals surface area contributed by atoms with E-state index in [0.717, 1.165) is 16.3 Å². The first-order valence-corrected chi connectivity index (χ1v) is 5.92. The van der Waals surface area contributed by atoms with Crippen molar-refractivity contribution in [1.29, 1.82) is 0 Å². The van der Waals surface area contributed by atoms with Crippen LogP contribution in [0.4, 0.5) is 0 Å². The monoisotopic (exact) mass is 238 g/mol. The minimum Gasteiger partial charge on any atom is -0.358 e. The van der Waals surface area contributed by atoms with Gasteiger partial charge < -0.3 is 10.6 Å². The van der Waals surface area contributed by atoms with Crippen LogP contribution in [0.1, 0.15) is 11.4 Å². The molecule has 5 nitrogen and oxygen atoms in total. The van der Waals surface area contributed by atoms with Crippen LogP contribution in [0, 0.1) is 6.92 Å². The lowest BCUT2D eigenvalue weighted by atomic mass is 10.3. The highest BCUT2D eigenvalue weighted by Crippen LogP contribution is 2.16. The molecule has 0 aromatic carbocycles. The zero-order valence-corrected chi connectivity index (χ0v) is 10.1. The summed E-state index contributed by atoms with van der Waals surface area (Å²) in [4.78, 5) is 16.5. The Bertz CT molecular complexity index is 502. The molecule has 0 aliphatic rings. The molecule has 0 radical (unpaired) electrons. The summed E-state index contributed by atoms with van der Waals surface area (Å²) in [7, 11) is 1.63. The second kappa shape index (κ2) is 4.63. The van der Waals surface area contributed by atoms with Gasteiger partial charge in [-0.25, -0.2) is 4.98 Å². The molecule has 0 bridgehead atoms. The van der Waals surface area contributed by atoms with Crippen LogP contribution in [0.25, 0.3) is 4.96 Å². The normalized spacial score (nSPS) is 10.9. The number of nitrogens with zero attached hydrogens (tertiary/aromatic N) is 2. The Hall–Kier alpha value is -1.40. The number of rotatable bonds is 4. The Kier molecular flexibility index (Phi) is 3.21. The predicted molar refractivity (Wildman–Crippen MR) is 63.6 cm³/mol. The highest BCUT2D eigenvalue weighted by molar-refractivity contribution is 7.15. The fourth-order valence-corrected chi connectivity index (χ4v) is 2.32. The van der Waals surface area contributed by atoms with Gasteiger partial charge in [0.05, 0.1) is 17.9 Å². The number of fused-ring (bicyclic) bond motifs is 1. The molecule has 0 aliphatic heterocycles. The van der Waals surface area contributed by atoms with Crippen molar-refractivity contribution >= 4 is 22.2 Å². The zero-order valence-electron chi connectivity index (χ0n) is 9.28. The summed E-state index contributed by atoms with van der Waals surface area (Å²) < 4.78 is 2.05. The highest BCUT2D eigenvalue weighted by Gasteiger charge is 2.09. The number of aryl methyl sites for hydroxylation is 1. The molecule has 16 heavy (non-hydrogen) atoms. The molecular formula is C10H14N4OS. The molecule has 2 N–H and O–H groups in total. The minimum atomic E-state index is -0.0104. The van der Waals surface area contributed by atoms with Gasteiger partial charge in [-0.3, -0.25) is 9.20 Å². The smallest absolute Gasteiger partial charge is 0.233 e. The lowest BCUT2D eigenvalue weighted by molar-refractivity contribution is -0.119. The van der Waals surface area contributed by atoms with Gasteiger partial charge in [-0.2, -0.15) is 0 Å². The van der Waals surface area contributed by atoms with Crippen molar-refractivity contribution in [2.45, 2.75) is 13.5 Å². The lowest BCUT2D eigenvalue weighted by Crippen LogP contribution is -2.31. The number of aromatic nitrogens is 2. The molecule has 0 spiro atoms. The molecule has 0 atom stereocenters. The molecule has 2 aromatic heterocycles. The van der Waals surface area contributed by atoms with Gasteiger partial charge >= 0.3 is 0 Å². The van der Waals surface area contributed by atoms with Crippen LogP contribution in [-0.2, 0) is 11.3 Å². The molecule has 0 unspecified atom stereocenters. The average Bonchev–Trinajstić information content (AvgIpc) is 2.81. The second-order valence-electron chi connectivity index (χ2n) is 3.48. The number of hydrogen-bond acceptors (Lipinski definition) is 4. The molecule has 0 saturated heterocycles. The highest BCUT2D eigenvalue weighted by atomic mass is 32.1. The zero-order chi connectivity index (χ0) is 11.5. The first-order chi connectivity index (χ1) is 7.72. The maximum absolute atomic E-state index is 11.0. The van der Waals surface area contributed by atoms with E-state index in [1.165, 1.54) is 0 Å². The molecule has 0 saturated carbocycles. The van der Waals surface area contributed by atoms with Crippen LogP contribution in [0.15, 0.2) is 11.6 Å². The predicted octanol–water partition coefficient (Wildman–Crippen LogP) is 0.540. The van der Waals surface area contributed by atoms with Crippen molar-refractivity contribution in [1.82, 2.24) is 20.0 Å². The fraction of sp³-hybridized carbons (Fsp3) is 0.400. The van der Waals surface area contributed by atoms with Gasteiger partial charge in [0.1, 0.15) is 0 Å². The van der Waals surface area contributed by atoms with E-state index in [0.29, 0.717) is 13.1 Å². The maximum Gasteiger partial charge on any atom is 0.233 e. The third-order valence-corrected chi connectivity index (χ3v) is 3.17. The topological polar surface area (TPSA) is 58.4 Å². The van der Waals surface area contributed by atoms with Gasteiger partial charge in [0.2, 0.25) is 5.91 Å². The number of likely N-dealkylation sites (N-methyl/N-ethyl adjacent to an activating group) is 1. The number of nitrogens with one attached hydrogen (secondary N) is 2. The Labute approximate surface area is 97.5 Å². The van der Waals surface area contributed by atoms with Crippen molar-refractivity contribution in [3.63, 3.8) is 0 Å². The summed E-state index contributed by atoms with van der Waals surface area (Å²) in [5.74, 6) is -0.0104. The first kappa shape index (κ1) is 11.1. The minimum absolute atomic E-state index is 0.0104. The first-order valence-electron chi connectivity index (χ1n) is 5.04. The van der Waals surface area contributed by atoms with Gasteiger partial charge in [0.15, 0.2) is 4.96 Å². The van der Waals surface area contributed by atoms with Gasteiger partial charge in [0, 0.05) is 25.2 Å². The van der Waals surface area contributed by atoms with Crippen LogP contribution in [0.5, 0.6) is 0 Å². The van der Waals surface area contributed by atoms with Crippen molar-refractivity contribution < 1.29 is 4.79 Å². The third-order valence-electron chi connectivity index (χ3n) is 2.42. The van der Waals surface area contributed by atoms with Crippen LogP contribution in [0.3, 0.4) is 0 Å².